The van der Waals surface area contributed by atoms with Gasteiger partial charge < -0.3 is 0 Å². The van der Waals surface area contributed by atoms with Gasteiger partial charge in [-0.05, 0) is 11.6 Å². The molecule has 0 amide bonds. The van der Waals surface area contributed by atoms with Crippen molar-refractivity contribution < 1.29 is 4.92 Å². The molecule has 6 heteroatoms. The summed E-state index contributed by atoms with van der Waals surface area (Å²) < 4.78 is 0. The van der Waals surface area contributed by atoms with E-state index in [1.165, 1.54) is 6.07 Å². The summed E-state index contributed by atoms with van der Waals surface area (Å²) in [5.74, 6) is 0. The van der Waals surface area contributed by atoms with Crippen LogP contribution in [0, 0.1) is 10.1 Å². The van der Waals surface area contributed by atoms with Crippen LogP contribution in [0.15, 0.2) is 36.4 Å². The molecule has 17 heavy (non-hydrogen) atoms. The van der Waals surface area contributed by atoms with E-state index in [9.17, 15) is 10.1 Å². The van der Waals surface area contributed by atoms with Crippen LogP contribution < -0.4 is 0 Å². The topological polar surface area (TPSA) is 56.0 Å². The van der Waals surface area contributed by atoms with Crippen LogP contribution in [0.5, 0.6) is 0 Å². The SMILES string of the molecule is O=[N+]([O-])c1c(-c2ccccc2)cc(Cl)nc1Cl. The van der Waals surface area contributed by atoms with E-state index in [2.05, 4.69) is 4.98 Å². The van der Waals surface area contributed by atoms with Crippen LogP contribution in [0.3, 0.4) is 0 Å². The third-order valence-electron chi connectivity index (χ3n) is 2.19. The normalized spacial score (nSPS) is 10.2. The lowest BCUT2D eigenvalue weighted by Gasteiger charge is -2.04. The Morgan fingerprint density at radius 3 is 2.41 bits per heavy atom. The summed E-state index contributed by atoms with van der Waals surface area (Å²) >= 11 is 11.5. The molecule has 0 saturated heterocycles. The summed E-state index contributed by atoms with van der Waals surface area (Å²) in [6.07, 6.45) is 0. The van der Waals surface area contributed by atoms with Crippen molar-refractivity contribution in [3.8, 4) is 11.1 Å². The fraction of sp³-hybridized carbons (Fsp3) is 0. The third-order valence-corrected chi connectivity index (χ3v) is 2.64. The molecule has 1 heterocycles. The zero-order chi connectivity index (χ0) is 12.4. The third kappa shape index (κ3) is 2.38. The molecule has 1 aromatic carbocycles. The Hall–Kier alpha value is -1.65. The molecule has 4 nitrogen and oxygen atoms in total. The quantitative estimate of drug-likeness (QED) is 0.471. The first-order valence-electron chi connectivity index (χ1n) is 4.65. The second kappa shape index (κ2) is 4.69. The maximum Gasteiger partial charge on any atom is 0.314 e. The Labute approximate surface area is 107 Å². The maximum atomic E-state index is 11.0. The molecule has 0 radical (unpaired) electrons. The van der Waals surface area contributed by atoms with Crippen LogP contribution in [0.25, 0.3) is 11.1 Å². The van der Waals surface area contributed by atoms with Crippen molar-refractivity contribution in [2.75, 3.05) is 0 Å². The average Bonchev–Trinajstić information content (AvgIpc) is 2.28. The van der Waals surface area contributed by atoms with Crippen molar-refractivity contribution in [3.63, 3.8) is 0 Å². The van der Waals surface area contributed by atoms with Gasteiger partial charge in [0, 0.05) is 0 Å². The van der Waals surface area contributed by atoms with Crippen molar-refractivity contribution in [2.45, 2.75) is 0 Å². The summed E-state index contributed by atoms with van der Waals surface area (Å²) in [6, 6.07) is 10.3. The first kappa shape index (κ1) is 11.8. The van der Waals surface area contributed by atoms with Gasteiger partial charge in [-0.3, -0.25) is 10.1 Å². The molecule has 0 N–H and O–H groups in total. The Morgan fingerprint density at radius 2 is 1.82 bits per heavy atom. The van der Waals surface area contributed by atoms with Crippen LogP contribution in [0.2, 0.25) is 10.3 Å². The van der Waals surface area contributed by atoms with Crippen molar-refractivity contribution in [1.82, 2.24) is 4.98 Å². The number of hydrogen-bond acceptors (Lipinski definition) is 3. The number of halogens is 2. The Balaban J connectivity index is 2.72. The zero-order valence-corrected chi connectivity index (χ0v) is 9.94. The van der Waals surface area contributed by atoms with E-state index >= 15 is 0 Å². The van der Waals surface area contributed by atoms with Gasteiger partial charge in [0.2, 0.25) is 5.15 Å². The Morgan fingerprint density at radius 1 is 1.18 bits per heavy atom. The number of nitro groups is 1. The van der Waals surface area contributed by atoms with E-state index in [0.717, 1.165) is 0 Å². The minimum absolute atomic E-state index is 0.124. The molecular weight excluding hydrogens is 263 g/mol. The van der Waals surface area contributed by atoms with E-state index in [1.54, 1.807) is 24.3 Å². The smallest absolute Gasteiger partial charge is 0.258 e. The molecule has 0 saturated carbocycles. The summed E-state index contributed by atoms with van der Waals surface area (Å²) in [6.45, 7) is 0. The number of pyridine rings is 1. The lowest BCUT2D eigenvalue weighted by Crippen LogP contribution is -1.95. The lowest BCUT2D eigenvalue weighted by atomic mass is 10.1. The van der Waals surface area contributed by atoms with Gasteiger partial charge in [-0.25, -0.2) is 4.98 Å². The molecule has 86 valence electrons. The second-order valence-corrected chi connectivity index (χ2v) is 4.00. The van der Waals surface area contributed by atoms with Gasteiger partial charge in [-0.1, -0.05) is 53.5 Å². The van der Waals surface area contributed by atoms with Crippen molar-refractivity contribution in [3.05, 3.63) is 56.8 Å². The largest absolute Gasteiger partial charge is 0.314 e. The summed E-state index contributed by atoms with van der Waals surface area (Å²) in [5, 5.41) is 10.9. The van der Waals surface area contributed by atoms with Crippen LogP contribution >= 0.6 is 23.2 Å². The number of hydrogen-bond donors (Lipinski definition) is 0. The molecule has 0 aliphatic carbocycles. The van der Waals surface area contributed by atoms with Crippen molar-refractivity contribution >= 4 is 28.9 Å². The number of rotatable bonds is 2. The monoisotopic (exact) mass is 268 g/mol. The molecule has 1 aromatic heterocycles. The zero-order valence-electron chi connectivity index (χ0n) is 8.43. The molecule has 0 bridgehead atoms. The van der Waals surface area contributed by atoms with Crippen LogP contribution in [-0.4, -0.2) is 9.91 Å². The fourth-order valence-corrected chi connectivity index (χ4v) is 1.99. The fourth-order valence-electron chi connectivity index (χ4n) is 1.49. The number of aromatic nitrogens is 1. The standard InChI is InChI=1S/C11H6Cl2N2O2/c12-9-6-8(7-4-2-1-3-5-7)10(15(16)17)11(13)14-9/h1-6H. The Bertz CT molecular complexity index is 573. The number of nitrogens with zero attached hydrogens (tertiary/aromatic N) is 2. The van der Waals surface area contributed by atoms with E-state index in [1.807, 2.05) is 6.07 Å². The molecule has 2 rings (SSSR count). The van der Waals surface area contributed by atoms with Crippen molar-refractivity contribution in [1.29, 1.82) is 0 Å². The first-order chi connectivity index (χ1) is 8.09. The molecule has 0 aliphatic rings. The van der Waals surface area contributed by atoms with E-state index in [-0.39, 0.29) is 16.0 Å². The molecule has 0 atom stereocenters. The van der Waals surface area contributed by atoms with Gasteiger partial charge in [0.05, 0.1) is 10.5 Å². The van der Waals surface area contributed by atoms with Gasteiger partial charge in [0.15, 0.2) is 0 Å². The summed E-state index contributed by atoms with van der Waals surface area (Å²) in [7, 11) is 0. The highest BCUT2D eigenvalue weighted by molar-refractivity contribution is 6.34. The second-order valence-electron chi connectivity index (χ2n) is 3.26. The van der Waals surface area contributed by atoms with Gasteiger partial charge in [0.1, 0.15) is 5.15 Å². The molecule has 2 aromatic rings. The van der Waals surface area contributed by atoms with Gasteiger partial charge >= 0.3 is 5.69 Å². The van der Waals surface area contributed by atoms with Gasteiger partial charge in [-0.2, -0.15) is 0 Å². The molecular formula is C11H6Cl2N2O2. The molecule has 0 fully saturated rings. The molecule has 0 aliphatic heterocycles. The molecule has 0 spiro atoms. The Kier molecular flexibility index (Phi) is 3.26. The minimum Gasteiger partial charge on any atom is -0.258 e. The van der Waals surface area contributed by atoms with Crippen LogP contribution in [0.1, 0.15) is 0 Å². The van der Waals surface area contributed by atoms with E-state index < -0.39 is 4.92 Å². The average molecular weight is 269 g/mol. The van der Waals surface area contributed by atoms with Crippen LogP contribution in [-0.2, 0) is 0 Å². The highest BCUT2D eigenvalue weighted by Gasteiger charge is 2.22. The summed E-state index contributed by atoms with van der Waals surface area (Å²) in [4.78, 5) is 14.1. The van der Waals surface area contributed by atoms with E-state index in [0.29, 0.717) is 11.1 Å². The minimum atomic E-state index is -0.562. The first-order valence-corrected chi connectivity index (χ1v) is 5.41. The molecule has 0 unspecified atom stereocenters. The lowest BCUT2D eigenvalue weighted by molar-refractivity contribution is -0.384. The highest BCUT2D eigenvalue weighted by atomic mass is 35.5. The highest BCUT2D eigenvalue weighted by Crippen LogP contribution is 2.36. The number of benzene rings is 1. The predicted molar refractivity (Wildman–Crippen MR) is 66.3 cm³/mol. The van der Waals surface area contributed by atoms with E-state index in [4.69, 9.17) is 23.2 Å². The van der Waals surface area contributed by atoms with Crippen molar-refractivity contribution in [2.24, 2.45) is 0 Å². The van der Waals surface area contributed by atoms with Gasteiger partial charge in [0.25, 0.3) is 0 Å². The maximum absolute atomic E-state index is 11.0. The van der Waals surface area contributed by atoms with Gasteiger partial charge in [-0.15, -0.1) is 0 Å². The van der Waals surface area contributed by atoms with Crippen LogP contribution in [0.4, 0.5) is 5.69 Å². The summed E-state index contributed by atoms with van der Waals surface area (Å²) in [5.41, 5.74) is 0.799. The predicted octanol–water partition coefficient (Wildman–Crippen LogP) is 3.96.